The fourth-order valence-electron chi connectivity index (χ4n) is 1.47. The van der Waals surface area contributed by atoms with Crippen LogP contribution in [0.25, 0.3) is 0 Å². The molecule has 1 unspecified atom stereocenters. The van der Waals surface area contributed by atoms with E-state index in [4.69, 9.17) is 16.3 Å². The summed E-state index contributed by atoms with van der Waals surface area (Å²) in [5, 5.41) is 3.10. The number of rotatable bonds is 3. The first kappa shape index (κ1) is 15.5. The van der Waals surface area contributed by atoms with Crippen molar-refractivity contribution in [2.45, 2.75) is 39.2 Å². The molecule has 19 heavy (non-hydrogen) atoms. The van der Waals surface area contributed by atoms with Crippen LogP contribution in [-0.4, -0.2) is 18.0 Å². The molecule has 0 aliphatic rings. The zero-order valence-corrected chi connectivity index (χ0v) is 12.2. The summed E-state index contributed by atoms with van der Waals surface area (Å²) in [7, 11) is 0. The monoisotopic (exact) mass is 283 g/mol. The van der Waals surface area contributed by atoms with Gasteiger partial charge in [0.25, 0.3) is 0 Å². The minimum absolute atomic E-state index is 0.326. The smallest absolute Gasteiger partial charge is 0.412 e. The average molecular weight is 284 g/mol. The summed E-state index contributed by atoms with van der Waals surface area (Å²) in [6.07, 6.45) is 0.262. The standard InChI is InChI=1S/C14H18ClNO3/c1-9(8-17)11-7-10(5-6-12(11)15)16-13(18)19-14(2,3)4/h5-9H,1-4H3,(H,16,18). The number of hydrogen-bond acceptors (Lipinski definition) is 3. The van der Waals surface area contributed by atoms with Crippen molar-refractivity contribution in [2.24, 2.45) is 0 Å². The fraction of sp³-hybridized carbons (Fsp3) is 0.429. The minimum Gasteiger partial charge on any atom is -0.444 e. The molecule has 1 atom stereocenters. The summed E-state index contributed by atoms with van der Waals surface area (Å²) in [5.41, 5.74) is 0.655. The van der Waals surface area contributed by atoms with Crippen LogP contribution in [0.15, 0.2) is 18.2 Å². The van der Waals surface area contributed by atoms with Crippen LogP contribution in [0.3, 0.4) is 0 Å². The second kappa shape index (κ2) is 6.06. The van der Waals surface area contributed by atoms with Crippen LogP contribution in [0.4, 0.5) is 10.5 Å². The Bertz CT molecular complexity index is 480. The van der Waals surface area contributed by atoms with Crippen LogP contribution in [0, 0.1) is 0 Å². The molecule has 0 fully saturated rings. The van der Waals surface area contributed by atoms with E-state index in [1.807, 2.05) is 0 Å². The summed E-state index contributed by atoms with van der Waals surface area (Å²) in [6, 6.07) is 4.97. The van der Waals surface area contributed by atoms with Gasteiger partial charge in [-0.05, 0) is 44.5 Å². The number of amides is 1. The molecule has 5 heteroatoms. The second-order valence-electron chi connectivity index (χ2n) is 5.29. The van der Waals surface area contributed by atoms with Crippen molar-refractivity contribution in [3.05, 3.63) is 28.8 Å². The highest BCUT2D eigenvalue weighted by Crippen LogP contribution is 2.26. The summed E-state index contributed by atoms with van der Waals surface area (Å²) >= 11 is 6.01. The number of anilines is 1. The Morgan fingerprint density at radius 3 is 2.58 bits per heavy atom. The van der Waals surface area contributed by atoms with Gasteiger partial charge in [-0.15, -0.1) is 0 Å². The Labute approximate surface area is 118 Å². The highest BCUT2D eigenvalue weighted by atomic mass is 35.5. The first-order valence-electron chi connectivity index (χ1n) is 5.97. The van der Waals surface area contributed by atoms with Crippen LogP contribution < -0.4 is 5.32 Å². The van der Waals surface area contributed by atoms with E-state index in [0.29, 0.717) is 16.3 Å². The van der Waals surface area contributed by atoms with Gasteiger partial charge in [-0.1, -0.05) is 18.5 Å². The number of halogens is 1. The highest BCUT2D eigenvalue weighted by molar-refractivity contribution is 6.31. The van der Waals surface area contributed by atoms with Crippen LogP contribution in [0.1, 0.15) is 39.2 Å². The average Bonchev–Trinajstić information content (AvgIpc) is 2.28. The van der Waals surface area contributed by atoms with Crippen molar-refractivity contribution in [3.8, 4) is 0 Å². The first-order valence-corrected chi connectivity index (χ1v) is 6.35. The molecule has 104 valence electrons. The Morgan fingerprint density at radius 1 is 1.42 bits per heavy atom. The Hall–Kier alpha value is -1.55. The maximum atomic E-state index is 11.6. The number of benzene rings is 1. The van der Waals surface area contributed by atoms with Crippen LogP contribution in [-0.2, 0) is 9.53 Å². The van der Waals surface area contributed by atoms with Crippen molar-refractivity contribution in [2.75, 3.05) is 5.32 Å². The van der Waals surface area contributed by atoms with E-state index in [-0.39, 0.29) is 5.92 Å². The van der Waals surface area contributed by atoms with E-state index >= 15 is 0 Å². The highest BCUT2D eigenvalue weighted by Gasteiger charge is 2.17. The molecular formula is C14H18ClNO3. The number of carbonyl (C=O) groups is 2. The van der Waals surface area contributed by atoms with E-state index in [1.165, 1.54) is 0 Å². The summed E-state index contributed by atoms with van der Waals surface area (Å²) in [6.45, 7) is 7.10. The topological polar surface area (TPSA) is 55.4 Å². The molecule has 4 nitrogen and oxygen atoms in total. The van der Waals surface area contributed by atoms with Gasteiger partial charge in [0, 0.05) is 16.6 Å². The molecule has 0 saturated heterocycles. The predicted molar refractivity (Wildman–Crippen MR) is 75.8 cm³/mol. The summed E-state index contributed by atoms with van der Waals surface area (Å²) in [4.78, 5) is 22.4. The predicted octanol–water partition coefficient (Wildman–Crippen LogP) is 3.99. The lowest BCUT2D eigenvalue weighted by Gasteiger charge is -2.20. The molecule has 0 aliphatic carbocycles. The van der Waals surface area contributed by atoms with E-state index < -0.39 is 11.7 Å². The van der Waals surface area contributed by atoms with Gasteiger partial charge >= 0.3 is 6.09 Å². The zero-order chi connectivity index (χ0) is 14.6. The molecule has 0 saturated carbocycles. The Kier molecular flexibility index (Phi) is 4.95. The second-order valence-corrected chi connectivity index (χ2v) is 5.70. The first-order chi connectivity index (χ1) is 8.73. The lowest BCUT2D eigenvalue weighted by atomic mass is 10.0. The summed E-state index contributed by atoms with van der Waals surface area (Å²) in [5.74, 6) is -0.326. The molecule has 0 bridgehead atoms. The van der Waals surface area contributed by atoms with Gasteiger partial charge in [-0.2, -0.15) is 0 Å². The van der Waals surface area contributed by atoms with Gasteiger partial charge in [0.05, 0.1) is 0 Å². The van der Waals surface area contributed by atoms with Crippen LogP contribution in [0.2, 0.25) is 5.02 Å². The third kappa shape index (κ3) is 4.91. The van der Waals surface area contributed by atoms with Gasteiger partial charge in [0.15, 0.2) is 0 Å². The maximum Gasteiger partial charge on any atom is 0.412 e. The molecule has 1 rings (SSSR count). The third-order valence-corrected chi connectivity index (χ3v) is 2.68. The largest absolute Gasteiger partial charge is 0.444 e. The van der Waals surface area contributed by atoms with Gasteiger partial charge in [0.2, 0.25) is 0 Å². The molecule has 1 aromatic carbocycles. The number of hydrogen-bond donors (Lipinski definition) is 1. The van der Waals surface area contributed by atoms with E-state index in [2.05, 4.69) is 5.32 Å². The van der Waals surface area contributed by atoms with Crippen molar-refractivity contribution >= 4 is 29.7 Å². The third-order valence-electron chi connectivity index (χ3n) is 2.34. The van der Waals surface area contributed by atoms with Crippen LogP contribution in [0.5, 0.6) is 0 Å². The molecule has 0 spiro atoms. The van der Waals surface area contributed by atoms with Gasteiger partial charge in [0.1, 0.15) is 11.9 Å². The van der Waals surface area contributed by atoms with Gasteiger partial charge in [-0.25, -0.2) is 4.79 Å². The van der Waals surface area contributed by atoms with Crippen LogP contribution >= 0.6 is 11.6 Å². The SMILES string of the molecule is CC(C=O)c1cc(NC(=O)OC(C)(C)C)ccc1Cl. The van der Waals surface area contributed by atoms with E-state index in [0.717, 1.165) is 6.29 Å². The molecule has 1 N–H and O–H groups in total. The summed E-state index contributed by atoms with van der Waals surface area (Å²) < 4.78 is 5.15. The molecule has 0 radical (unpaired) electrons. The maximum absolute atomic E-state index is 11.6. The van der Waals surface area contributed by atoms with Crippen molar-refractivity contribution < 1.29 is 14.3 Å². The number of ether oxygens (including phenoxy) is 1. The molecule has 0 aliphatic heterocycles. The number of carbonyl (C=O) groups excluding carboxylic acids is 2. The van der Waals surface area contributed by atoms with Crippen molar-refractivity contribution in [3.63, 3.8) is 0 Å². The zero-order valence-electron chi connectivity index (χ0n) is 11.5. The normalized spacial score (nSPS) is 12.7. The van der Waals surface area contributed by atoms with E-state index in [1.54, 1.807) is 45.9 Å². The molecule has 0 aromatic heterocycles. The van der Waals surface area contributed by atoms with Crippen molar-refractivity contribution in [1.29, 1.82) is 0 Å². The van der Waals surface area contributed by atoms with Gasteiger partial charge < -0.3 is 9.53 Å². The molecule has 0 heterocycles. The Morgan fingerprint density at radius 2 is 2.05 bits per heavy atom. The fourth-order valence-corrected chi connectivity index (χ4v) is 1.75. The quantitative estimate of drug-likeness (QED) is 0.853. The molecule has 1 aromatic rings. The number of nitrogens with one attached hydrogen (secondary N) is 1. The molecule has 1 amide bonds. The lowest BCUT2D eigenvalue weighted by Crippen LogP contribution is -2.27. The Balaban J connectivity index is 2.86. The molecular weight excluding hydrogens is 266 g/mol. The van der Waals surface area contributed by atoms with E-state index in [9.17, 15) is 9.59 Å². The van der Waals surface area contributed by atoms with Crippen molar-refractivity contribution in [1.82, 2.24) is 0 Å². The lowest BCUT2D eigenvalue weighted by molar-refractivity contribution is -0.108. The van der Waals surface area contributed by atoms with Gasteiger partial charge in [-0.3, -0.25) is 5.32 Å². The number of aldehydes is 1. The minimum atomic E-state index is -0.560.